The maximum atomic E-state index is 12.2. The van der Waals surface area contributed by atoms with Crippen molar-refractivity contribution in [1.82, 2.24) is 15.0 Å². The Morgan fingerprint density at radius 3 is 2.40 bits per heavy atom. The van der Waals surface area contributed by atoms with Crippen LogP contribution in [-0.4, -0.2) is 32.4 Å². The highest BCUT2D eigenvalue weighted by Crippen LogP contribution is 2.24. The van der Waals surface area contributed by atoms with Gasteiger partial charge in [-0.15, -0.1) is 0 Å². The van der Waals surface area contributed by atoms with Gasteiger partial charge in [0.25, 0.3) is 5.91 Å². The molecule has 0 saturated heterocycles. The van der Waals surface area contributed by atoms with Gasteiger partial charge in [0.15, 0.2) is 0 Å². The van der Waals surface area contributed by atoms with Gasteiger partial charge in [-0.1, -0.05) is 39.0 Å². The lowest BCUT2D eigenvalue weighted by Gasteiger charge is -2.15. The highest BCUT2D eigenvalue weighted by Gasteiger charge is 2.09. The molecule has 1 fully saturated rings. The summed E-state index contributed by atoms with van der Waals surface area (Å²) in [5, 5.41) is 14.6. The molecule has 5 rings (SSSR count). The molecule has 2 amide bonds. The van der Waals surface area contributed by atoms with Crippen molar-refractivity contribution in [2.45, 2.75) is 39.0 Å². The largest absolute Gasteiger partial charge is 0.508 e. The molecule has 4 aromatic rings. The van der Waals surface area contributed by atoms with Crippen LogP contribution in [0, 0.1) is 5.92 Å². The number of H-pyrrole nitrogens is 1. The molecule has 0 aliphatic heterocycles. The number of phenolic OH excluding ortho intramolecular Hbond substituents is 1. The molecule has 8 nitrogen and oxygen atoms in total. The number of hydrogen-bond acceptors (Lipinski definition) is 5. The number of phenols is 1. The van der Waals surface area contributed by atoms with Gasteiger partial charge >= 0.3 is 0 Å². The Bertz CT molecular complexity index is 1280. The van der Waals surface area contributed by atoms with Crippen molar-refractivity contribution < 1.29 is 14.7 Å². The lowest BCUT2D eigenvalue weighted by atomic mass is 9.91. The van der Waals surface area contributed by atoms with E-state index in [4.69, 9.17) is 0 Å². The standard InChI is InChI=1S/C20H15N5O3.C7H14/c26-11-22-18-9-16-17(10-21-18)25-19(24-16)12-1-5-14(6-2-12)23-20(28)13-3-7-15(27)8-4-13;1-7-5-3-2-4-6-7/h1-11,27H,(H,23,28)(H,24,25)(H,21,22,26);7H,2-6H2,1H3. The quantitative estimate of drug-likeness (QED) is 0.277. The number of rotatable bonds is 5. The summed E-state index contributed by atoms with van der Waals surface area (Å²) in [4.78, 5) is 34.6. The fraction of sp³-hybridized carbons (Fsp3) is 0.259. The second-order valence-electron chi connectivity index (χ2n) is 8.76. The van der Waals surface area contributed by atoms with Crippen LogP contribution in [0.15, 0.2) is 60.8 Å². The Labute approximate surface area is 203 Å². The Balaban J connectivity index is 0.000000356. The molecule has 1 aliphatic rings. The Hall–Kier alpha value is -4.20. The monoisotopic (exact) mass is 471 g/mol. The van der Waals surface area contributed by atoms with Gasteiger partial charge in [-0.05, 0) is 54.4 Å². The molecule has 180 valence electrons. The van der Waals surface area contributed by atoms with E-state index < -0.39 is 0 Å². The highest BCUT2D eigenvalue weighted by molar-refractivity contribution is 6.04. The number of aromatic nitrogens is 3. The number of hydrogen-bond donors (Lipinski definition) is 4. The molecular formula is C27H29N5O3. The number of benzene rings is 2. The number of imidazole rings is 1. The lowest BCUT2D eigenvalue weighted by Crippen LogP contribution is -2.11. The van der Waals surface area contributed by atoms with Crippen molar-refractivity contribution in [1.29, 1.82) is 0 Å². The number of carbonyl (C=O) groups is 2. The van der Waals surface area contributed by atoms with E-state index in [1.165, 1.54) is 44.2 Å². The molecule has 0 unspecified atom stereocenters. The average molecular weight is 472 g/mol. The minimum absolute atomic E-state index is 0.107. The highest BCUT2D eigenvalue weighted by atomic mass is 16.3. The molecule has 0 bridgehead atoms. The smallest absolute Gasteiger partial charge is 0.255 e. The van der Waals surface area contributed by atoms with Crippen LogP contribution in [0.25, 0.3) is 22.4 Å². The van der Waals surface area contributed by atoms with Crippen LogP contribution >= 0.6 is 0 Å². The molecule has 4 N–H and O–H groups in total. The maximum absolute atomic E-state index is 12.2. The summed E-state index contributed by atoms with van der Waals surface area (Å²) >= 11 is 0. The molecule has 8 heteroatoms. The van der Waals surface area contributed by atoms with Gasteiger partial charge in [-0.3, -0.25) is 9.59 Å². The molecule has 1 saturated carbocycles. The molecule has 2 aromatic heterocycles. The Morgan fingerprint density at radius 2 is 1.77 bits per heavy atom. The molecule has 35 heavy (non-hydrogen) atoms. The average Bonchev–Trinajstić information content (AvgIpc) is 3.29. The van der Waals surface area contributed by atoms with Crippen molar-refractivity contribution in [2.24, 2.45) is 5.92 Å². The van der Waals surface area contributed by atoms with Crippen molar-refractivity contribution in [3.05, 3.63) is 66.4 Å². The number of aromatic amines is 1. The summed E-state index contributed by atoms with van der Waals surface area (Å²) in [6.07, 6.45) is 9.60. The first-order valence-corrected chi connectivity index (χ1v) is 11.8. The molecule has 1 aliphatic carbocycles. The molecular weight excluding hydrogens is 442 g/mol. The van der Waals surface area contributed by atoms with Crippen molar-refractivity contribution in [2.75, 3.05) is 10.6 Å². The number of pyridine rings is 1. The summed E-state index contributed by atoms with van der Waals surface area (Å²) < 4.78 is 0. The molecule has 0 spiro atoms. The second kappa shape index (κ2) is 11.3. The van der Waals surface area contributed by atoms with Gasteiger partial charge in [-0.2, -0.15) is 0 Å². The van der Waals surface area contributed by atoms with E-state index in [1.807, 2.05) is 12.1 Å². The predicted molar refractivity (Wildman–Crippen MR) is 137 cm³/mol. The van der Waals surface area contributed by atoms with Crippen LogP contribution in [0.2, 0.25) is 0 Å². The SMILES string of the molecule is CC1CCCCC1.O=CNc1cc2nc(-c3ccc(NC(=O)c4ccc(O)cc4)cc3)[nH]c2cn1. The fourth-order valence-corrected chi connectivity index (χ4v) is 4.02. The van der Waals surface area contributed by atoms with E-state index in [0.29, 0.717) is 34.8 Å². The van der Waals surface area contributed by atoms with Crippen LogP contribution < -0.4 is 10.6 Å². The Kier molecular flexibility index (Phi) is 7.72. The number of fused-ring (bicyclic) bond motifs is 1. The van der Waals surface area contributed by atoms with Crippen LogP contribution in [0.1, 0.15) is 49.4 Å². The second-order valence-corrected chi connectivity index (χ2v) is 8.76. The van der Waals surface area contributed by atoms with Gasteiger partial charge < -0.3 is 20.7 Å². The molecule has 2 heterocycles. The van der Waals surface area contributed by atoms with Crippen molar-refractivity contribution in [3.63, 3.8) is 0 Å². The number of nitrogens with zero attached hydrogens (tertiary/aromatic N) is 2. The van der Waals surface area contributed by atoms with E-state index in [0.717, 1.165) is 17.0 Å². The van der Waals surface area contributed by atoms with E-state index >= 15 is 0 Å². The van der Waals surface area contributed by atoms with Gasteiger partial charge in [0.2, 0.25) is 6.41 Å². The Morgan fingerprint density at radius 1 is 1.06 bits per heavy atom. The van der Waals surface area contributed by atoms with E-state index in [2.05, 4.69) is 32.5 Å². The number of amides is 2. The zero-order valence-corrected chi connectivity index (χ0v) is 19.6. The summed E-state index contributed by atoms with van der Waals surface area (Å²) in [5.41, 5.74) is 3.35. The van der Waals surface area contributed by atoms with Gasteiger partial charge in [0.05, 0.1) is 17.2 Å². The first-order valence-electron chi connectivity index (χ1n) is 11.8. The van der Waals surface area contributed by atoms with Gasteiger partial charge in [-0.25, -0.2) is 9.97 Å². The minimum atomic E-state index is -0.266. The molecule has 2 aromatic carbocycles. The summed E-state index contributed by atoms with van der Waals surface area (Å²) in [7, 11) is 0. The third-order valence-corrected chi connectivity index (χ3v) is 6.01. The number of carbonyl (C=O) groups excluding carboxylic acids is 2. The van der Waals surface area contributed by atoms with Gasteiger partial charge in [0.1, 0.15) is 17.4 Å². The lowest BCUT2D eigenvalue weighted by molar-refractivity contribution is -0.105. The zero-order valence-electron chi connectivity index (χ0n) is 19.6. The van der Waals surface area contributed by atoms with Gasteiger partial charge in [0, 0.05) is 22.9 Å². The van der Waals surface area contributed by atoms with Crippen LogP contribution in [0.5, 0.6) is 5.75 Å². The van der Waals surface area contributed by atoms with Crippen molar-refractivity contribution >= 4 is 34.9 Å². The van der Waals surface area contributed by atoms with Crippen LogP contribution in [0.3, 0.4) is 0 Å². The number of nitrogens with one attached hydrogen (secondary N) is 3. The third-order valence-electron chi connectivity index (χ3n) is 6.01. The fourth-order valence-electron chi connectivity index (χ4n) is 4.02. The van der Waals surface area contributed by atoms with Crippen LogP contribution in [-0.2, 0) is 4.79 Å². The van der Waals surface area contributed by atoms with E-state index in [1.54, 1.807) is 36.5 Å². The summed E-state index contributed by atoms with van der Waals surface area (Å²) in [5.74, 6) is 1.95. The third kappa shape index (κ3) is 6.44. The predicted octanol–water partition coefficient (Wildman–Crippen LogP) is 5.74. The molecule has 0 atom stereocenters. The summed E-state index contributed by atoms with van der Waals surface area (Å²) in [6.45, 7) is 2.36. The normalized spacial score (nSPS) is 13.5. The number of aromatic hydroxyl groups is 1. The minimum Gasteiger partial charge on any atom is -0.508 e. The topological polar surface area (TPSA) is 120 Å². The molecule has 0 radical (unpaired) electrons. The summed E-state index contributed by atoms with van der Waals surface area (Å²) in [6, 6.07) is 14.9. The van der Waals surface area contributed by atoms with E-state index in [9.17, 15) is 14.7 Å². The van der Waals surface area contributed by atoms with Crippen LogP contribution in [0.4, 0.5) is 11.5 Å². The number of anilines is 2. The zero-order chi connectivity index (χ0) is 24.6. The first kappa shape index (κ1) is 23.9. The first-order chi connectivity index (χ1) is 17.0. The van der Waals surface area contributed by atoms with E-state index in [-0.39, 0.29) is 11.7 Å². The maximum Gasteiger partial charge on any atom is 0.255 e. The van der Waals surface area contributed by atoms with Crippen molar-refractivity contribution in [3.8, 4) is 17.1 Å².